The Bertz CT molecular complexity index is 454. The highest BCUT2D eigenvalue weighted by molar-refractivity contribution is 9.10. The molecule has 4 heteroatoms. The molecule has 0 radical (unpaired) electrons. The molecule has 1 aromatic carbocycles. The van der Waals surface area contributed by atoms with Crippen LogP contribution in [-0.4, -0.2) is 24.2 Å². The van der Waals surface area contributed by atoms with Gasteiger partial charge in [-0.25, -0.2) is 4.79 Å². The van der Waals surface area contributed by atoms with E-state index in [1.165, 1.54) is 0 Å². The maximum atomic E-state index is 11.1. The van der Waals surface area contributed by atoms with E-state index in [9.17, 15) is 4.79 Å². The Morgan fingerprint density at radius 3 is 2.81 bits per heavy atom. The van der Waals surface area contributed by atoms with Crippen molar-refractivity contribution in [2.75, 3.05) is 13.1 Å². The Kier molecular flexibility index (Phi) is 3.41. The van der Waals surface area contributed by atoms with Gasteiger partial charge in [-0.3, -0.25) is 0 Å². The average molecular weight is 282 g/mol. The van der Waals surface area contributed by atoms with Crippen molar-refractivity contribution in [2.24, 2.45) is 0 Å². The topological polar surface area (TPSA) is 49.3 Å². The SMILES string of the molecule is O=C(O)C1=C(c2ccccc2Br)CCNC1. The minimum Gasteiger partial charge on any atom is -0.478 e. The van der Waals surface area contributed by atoms with E-state index in [2.05, 4.69) is 21.2 Å². The van der Waals surface area contributed by atoms with E-state index in [0.29, 0.717) is 12.1 Å². The second-order valence-corrected chi connectivity index (χ2v) is 4.52. The van der Waals surface area contributed by atoms with Crippen molar-refractivity contribution < 1.29 is 9.90 Å². The molecular weight excluding hydrogens is 270 g/mol. The first-order valence-corrected chi connectivity index (χ1v) is 5.90. The highest BCUT2D eigenvalue weighted by Crippen LogP contribution is 2.30. The first-order valence-electron chi connectivity index (χ1n) is 5.11. The van der Waals surface area contributed by atoms with Crippen molar-refractivity contribution in [2.45, 2.75) is 6.42 Å². The van der Waals surface area contributed by atoms with E-state index in [1.54, 1.807) is 0 Å². The third kappa shape index (κ3) is 2.18. The fourth-order valence-corrected chi connectivity index (χ4v) is 2.42. The van der Waals surface area contributed by atoms with E-state index < -0.39 is 5.97 Å². The summed E-state index contributed by atoms with van der Waals surface area (Å²) in [6.07, 6.45) is 0.754. The molecule has 2 N–H and O–H groups in total. The van der Waals surface area contributed by atoms with Gasteiger partial charge in [-0.2, -0.15) is 0 Å². The number of halogens is 1. The molecule has 16 heavy (non-hydrogen) atoms. The molecular formula is C12H12BrNO2. The first-order chi connectivity index (χ1) is 7.70. The van der Waals surface area contributed by atoms with Crippen LogP contribution in [-0.2, 0) is 4.79 Å². The summed E-state index contributed by atoms with van der Waals surface area (Å²) in [5.74, 6) is -0.835. The minimum atomic E-state index is -0.835. The molecule has 0 fully saturated rings. The number of nitrogens with one attached hydrogen (secondary N) is 1. The van der Waals surface area contributed by atoms with E-state index in [4.69, 9.17) is 5.11 Å². The fourth-order valence-electron chi connectivity index (χ4n) is 1.89. The molecule has 0 aliphatic carbocycles. The number of carboxylic acid groups (broad SMARTS) is 1. The Morgan fingerprint density at radius 1 is 1.38 bits per heavy atom. The lowest BCUT2D eigenvalue weighted by molar-refractivity contribution is -0.132. The van der Waals surface area contributed by atoms with Gasteiger partial charge in [0.05, 0.1) is 5.57 Å². The minimum absolute atomic E-state index is 0.437. The molecule has 0 atom stereocenters. The Balaban J connectivity index is 2.52. The van der Waals surface area contributed by atoms with Gasteiger partial charge in [-0.1, -0.05) is 34.1 Å². The van der Waals surface area contributed by atoms with Crippen molar-refractivity contribution >= 4 is 27.5 Å². The second-order valence-electron chi connectivity index (χ2n) is 3.67. The summed E-state index contributed by atoms with van der Waals surface area (Å²) in [6.45, 7) is 1.26. The monoisotopic (exact) mass is 281 g/mol. The molecule has 0 saturated carbocycles. The maximum Gasteiger partial charge on any atom is 0.333 e. The predicted molar refractivity (Wildman–Crippen MR) is 66.2 cm³/mol. The van der Waals surface area contributed by atoms with Crippen LogP contribution in [0.2, 0.25) is 0 Å². The average Bonchev–Trinajstić information content (AvgIpc) is 2.29. The van der Waals surface area contributed by atoms with Crippen molar-refractivity contribution in [3.05, 3.63) is 39.9 Å². The van der Waals surface area contributed by atoms with E-state index in [-0.39, 0.29) is 0 Å². The van der Waals surface area contributed by atoms with Crippen molar-refractivity contribution in [3.63, 3.8) is 0 Å². The standard InChI is InChI=1S/C12H12BrNO2/c13-11-4-2-1-3-9(11)8-5-6-14-7-10(8)12(15)16/h1-4,14H,5-7H2,(H,15,16). The number of benzene rings is 1. The molecule has 84 valence electrons. The summed E-state index contributed by atoms with van der Waals surface area (Å²) in [4.78, 5) is 11.1. The quantitative estimate of drug-likeness (QED) is 0.875. The molecule has 0 aromatic heterocycles. The number of hydrogen-bond acceptors (Lipinski definition) is 2. The lowest BCUT2D eigenvalue weighted by Gasteiger charge is -2.19. The van der Waals surface area contributed by atoms with E-state index in [0.717, 1.165) is 28.6 Å². The molecule has 0 spiro atoms. The summed E-state index contributed by atoms with van der Waals surface area (Å²) >= 11 is 3.46. The van der Waals surface area contributed by atoms with Crippen LogP contribution in [0.5, 0.6) is 0 Å². The number of carbonyl (C=O) groups is 1. The summed E-state index contributed by atoms with van der Waals surface area (Å²) in [5.41, 5.74) is 2.39. The molecule has 0 saturated heterocycles. The van der Waals surface area contributed by atoms with Crippen molar-refractivity contribution in [3.8, 4) is 0 Å². The van der Waals surface area contributed by atoms with Gasteiger partial charge in [0.25, 0.3) is 0 Å². The van der Waals surface area contributed by atoms with Gasteiger partial charge in [-0.15, -0.1) is 0 Å². The Hall–Kier alpha value is -1.13. The van der Waals surface area contributed by atoms with Gasteiger partial charge in [0, 0.05) is 11.0 Å². The van der Waals surface area contributed by atoms with E-state index in [1.807, 2.05) is 24.3 Å². The van der Waals surface area contributed by atoms with Crippen LogP contribution in [0.15, 0.2) is 34.3 Å². The molecule has 3 nitrogen and oxygen atoms in total. The normalized spacial score (nSPS) is 16.3. The highest BCUT2D eigenvalue weighted by Gasteiger charge is 2.20. The Morgan fingerprint density at radius 2 is 2.12 bits per heavy atom. The second kappa shape index (κ2) is 4.80. The van der Waals surface area contributed by atoms with Crippen LogP contribution in [0.4, 0.5) is 0 Å². The number of carboxylic acids is 1. The van der Waals surface area contributed by atoms with Crippen molar-refractivity contribution in [1.82, 2.24) is 5.32 Å². The molecule has 1 heterocycles. The molecule has 2 rings (SSSR count). The number of hydrogen-bond donors (Lipinski definition) is 2. The van der Waals surface area contributed by atoms with Crippen LogP contribution in [0.25, 0.3) is 5.57 Å². The molecule has 1 aromatic rings. The van der Waals surface area contributed by atoms with Crippen molar-refractivity contribution in [1.29, 1.82) is 0 Å². The van der Waals surface area contributed by atoms with Crippen LogP contribution in [0.3, 0.4) is 0 Å². The third-order valence-electron chi connectivity index (χ3n) is 2.67. The van der Waals surface area contributed by atoms with E-state index >= 15 is 0 Å². The Labute approximate surface area is 102 Å². The van der Waals surface area contributed by atoms with Crippen LogP contribution >= 0.6 is 15.9 Å². The lowest BCUT2D eigenvalue weighted by Crippen LogP contribution is -2.28. The molecule has 0 unspecified atom stereocenters. The predicted octanol–water partition coefficient (Wildman–Crippen LogP) is 2.28. The van der Waals surface area contributed by atoms with Crippen LogP contribution in [0.1, 0.15) is 12.0 Å². The summed E-state index contributed by atoms with van der Waals surface area (Å²) in [6, 6.07) is 7.74. The van der Waals surface area contributed by atoms with Gasteiger partial charge in [-0.05, 0) is 30.2 Å². The summed E-state index contributed by atoms with van der Waals surface area (Å²) < 4.78 is 0.950. The summed E-state index contributed by atoms with van der Waals surface area (Å²) in [5, 5.41) is 12.2. The fraction of sp³-hybridized carbons (Fsp3) is 0.250. The highest BCUT2D eigenvalue weighted by atomic mass is 79.9. The first kappa shape index (κ1) is 11.4. The van der Waals surface area contributed by atoms with Gasteiger partial charge >= 0.3 is 5.97 Å². The van der Waals surface area contributed by atoms with Crippen LogP contribution in [0, 0.1) is 0 Å². The third-order valence-corrected chi connectivity index (χ3v) is 3.37. The molecule has 1 aliphatic rings. The zero-order chi connectivity index (χ0) is 11.5. The van der Waals surface area contributed by atoms with Gasteiger partial charge < -0.3 is 10.4 Å². The van der Waals surface area contributed by atoms with Gasteiger partial charge in [0.1, 0.15) is 0 Å². The largest absolute Gasteiger partial charge is 0.478 e. The smallest absolute Gasteiger partial charge is 0.333 e. The number of rotatable bonds is 2. The van der Waals surface area contributed by atoms with Gasteiger partial charge in [0.15, 0.2) is 0 Å². The summed E-state index contributed by atoms with van der Waals surface area (Å²) in [7, 11) is 0. The zero-order valence-electron chi connectivity index (χ0n) is 8.66. The lowest BCUT2D eigenvalue weighted by atomic mass is 9.94. The van der Waals surface area contributed by atoms with Crippen LogP contribution < -0.4 is 5.32 Å². The van der Waals surface area contributed by atoms with Gasteiger partial charge in [0.2, 0.25) is 0 Å². The molecule has 1 aliphatic heterocycles. The molecule has 0 amide bonds. The maximum absolute atomic E-state index is 11.1. The zero-order valence-corrected chi connectivity index (χ0v) is 10.3. The molecule has 0 bridgehead atoms. The number of aliphatic carboxylic acids is 1.